The Morgan fingerprint density at radius 3 is 1.24 bits per heavy atom. The van der Waals surface area contributed by atoms with Crippen LogP contribution in [0.2, 0.25) is 0 Å². The lowest BCUT2D eigenvalue weighted by Gasteiger charge is -2.15. The van der Waals surface area contributed by atoms with E-state index >= 15 is 0 Å². The third-order valence-electron chi connectivity index (χ3n) is 12.3. The van der Waals surface area contributed by atoms with Gasteiger partial charge in [-0.15, -0.1) is 0 Å². The summed E-state index contributed by atoms with van der Waals surface area (Å²) < 4.78 is 18.6. The van der Waals surface area contributed by atoms with Crippen LogP contribution in [0.15, 0.2) is 220 Å². The largest absolute Gasteiger partial charge is 0.456 e. The molecular weight excluding hydrogens is 773 g/mol. The first-order valence-corrected chi connectivity index (χ1v) is 21.1. The van der Waals surface area contributed by atoms with Crippen molar-refractivity contribution in [2.45, 2.75) is 0 Å². The average Bonchev–Trinajstić information content (AvgIpc) is 4.04. The molecule has 63 heavy (non-hydrogen) atoms. The normalized spacial score (nSPS) is 11.8. The van der Waals surface area contributed by atoms with E-state index < -0.39 is 0 Å². The zero-order valence-corrected chi connectivity index (χ0v) is 33.7. The Labute approximate surface area is 361 Å². The molecule has 0 atom stereocenters. The Bertz CT molecular complexity index is 3910. The molecule has 0 radical (unpaired) electrons. The van der Waals surface area contributed by atoms with Gasteiger partial charge in [-0.1, -0.05) is 140 Å². The Hall–Kier alpha value is -8.54. The fourth-order valence-electron chi connectivity index (χ4n) is 9.18. The molecule has 294 valence electrons. The van der Waals surface area contributed by atoms with Gasteiger partial charge in [0.2, 0.25) is 0 Å². The number of aromatic nitrogens is 2. The van der Waals surface area contributed by atoms with Crippen LogP contribution in [-0.4, -0.2) is 9.97 Å². The number of benzene rings is 9. The van der Waals surface area contributed by atoms with E-state index in [1.807, 2.05) is 54.6 Å². The summed E-state index contributed by atoms with van der Waals surface area (Å²) in [5, 5.41) is 6.57. The van der Waals surface area contributed by atoms with Crippen LogP contribution in [0.25, 0.3) is 133 Å². The van der Waals surface area contributed by atoms with E-state index in [-0.39, 0.29) is 0 Å². The fraction of sp³-hybridized carbons (Fsp3) is 0. The molecule has 0 unspecified atom stereocenters. The van der Waals surface area contributed by atoms with Gasteiger partial charge in [-0.05, 0) is 100 Å². The van der Waals surface area contributed by atoms with Gasteiger partial charge in [-0.2, -0.15) is 0 Å². The van der Waals surface area contributed by atoms with Gasteiger partial charge in [0.1, 0.15) is 33.5 Å². The molecule has 0 spiro atoms. The van der Waals surface area contributed by atoms with Gasteiger partial charge < -0.3 is 13.3 Å². The number of hydrogen-bond donors (Lipinski definition) is 0. The summed E-state index contributed by atoms with van der Waals surface area (Å²) in [6.07, 6.45) is 0. The van der Waals surface area contributed by atoms with Crippen LogP contribution >= 0.6 is 0 Å². The maximum absolute atomic E-state index is 6.26. The number of hydrogen-bond acceptors (Lipinski definition) is 5. The van der Waals surface area contributed by atoms with Crippen molar-refractivity contribution < 1.29 is 13.3 Å². The van der Waals surface area contributed by atoms with Crippen LogP contribution in [0.1, 0.15) is 0 Å². The standard InChI is InChI=1S/C58H34N2O3/c1-2-10-37(11-3-1)58-59-50(36-20-18-35(19-21-36)38-23-27-55-47(31-38)43-12-4-7-15-52(43)61-55)34-51(60-58)46-30-39(40-24-28-56-48(32-40)44-13-5-8-16-53(44)62-56)22-26-42(46)41-25-29-57-49(33-41)45-14-6-9-17-54(45)63-57/h1-34H. The van der Waals surface area contributed by atoms with E-state index in [1.165, 1.54) is 0 Å². The molecular formula is C58H34N2O3. The molecule has 0 saturated carbocycles. The van der Waals surface area contributed by atoms with Crippen LogP contribution in [0.5, 0.6) is 0 Å². The first kappa shape index (κ1) is 35.2. The molecule has 9 aromatic carbocycles. The van der Waals surface area contributed by atoms with Crippen molar-refractivity contribution in [1.82, 2.24) is 9.97 Å². The topological polar surface area (TPSA) is 65.2 Å². The van der Waals surface area contributed by atoms with Gasteiger partial charge in [-0.3, -0.25) is 0 Å². The van der Waals surface area contributed by atoms with E-state index in [2.05, 4.69) is 152 Å². The second kappa shape index (κ2) is 14.0. The van der Waals surface area contributed by atoms with Gasteiger partial charge in [0.25, 0.3) is 0 Å². The van der Waals surface area contributed by atoms with E-state index in [1.54, 1.807) is 0 Å². The lowest BCUT2D eigenvalue weighted by atomic mass is 9.91. The number of rotatable bonds is 6. The van der Waals surface area contributed by atoms with Crippen LogP contribution in [0.3, 0.4) is 0 Å². The first-order valence-electron chi connectivity index (χ1n) is 21.1. The zero-order valence-electron chi connectivity index (χ0n) is 33.7. The SMILES string of the molecule is c1ccc(-c2nc(-c3ccc(-c4ccc5oc6ccccc6c5c4)cc3)cc(-c3cc(-c4ccc5oc6ccccc6c5c4)ccc3-c3ccc4oc5ccccc5c4c3)n2)cc1. The van der Waals surface area contributed by atoms with Crippen molar-refractivity contribution in [3.05, 3.63) is 206 Å². The van der Waals surface area contributed by atoms with Crippen molar-refractivity contribution in [3.63, 3.8) is 0 Å². The number of nitrogens with zero attached hydrogens (tertiary/aromatic N) is 2. The summed E-state index contributed by atoms with van der Waals surface area (Å²) in [5.41, 5.74) is 16.4. The van der Waals surface area contributed by atoms with E-state index in [4.69, 9.17) is 23.2 Å². The highest BCUT2D eigenvalue weighted by Crippen LogP contribution is 2.41. The Morgan fingerprint density at radius 1 is 0.238 bits per heavy atom. The summed E-state index contributed by atoms with van der Waals surface area (Å²) in [5.74, 6) is 0.656. The van der Waals surface area contributed by atoms with Crippen molar-refractivity contribution in [1.29, 1.82) is 0 Å². The smallest absolute Gasteiger partial charge is 0.160 e. The highest BCUT2D eigenvalue weighted by atomic mass is 16.3. The van der Waals surface area contributed by atoms with Crippen LogP contribution in [-0.2, 0) is 0 Å². The molecule has 4 aromatic heterocycles. The Morgan fingerprint density at radius 2 is 0.651 bits per heavy atom. The molecule has 0 saturated heterocycles. The number of furan rings is 3. The lowest BCUT2D eigenvalue weighted by Crippen LogP contribution is -1.97. The van der Waals surface area contributed by atoms with Gasteiger partial charge >= 0.3 is 0 Å². The number of para-hydroxylation sites is 3. The van der Waals surface area contributed by atoms with Gasteiger partial charge in [0.15, 0.2) is 5.82 Å². The van der Waals surface area contributed by atoms with Gasteiger partial charge in [0, 0.05) is 49.0 Å². The zero-order chi connectivity index (χ0) is 41.4. The van der Waals surface area contributed by atoms with E-state index in [0.29, 0.717) is 5.82 Å². The Kier molecular flexibility index (Phi) is 7.84. The highest BCUT2D eigenvalue weighted by molar-refractivity contribution is 6.09. The van der Waals surface area contributed by atoms with Gasteiger partial charge in [0.05, 0.1) is 11.4 Å². The third-order valence-corrected chi connectivity index (χ3v) is 12.3. The Balaban J connectivity index is 0.986. The monoisotopic (exact) mass is 806 g/mol. The molecule has 0 amide bonds. The summed E-state index contributed by atoms with van der Waals surface area (Å²) in [4.78, 5) is 10.6. The predicted octanol–water partition coefficient (Wildman–Crippen LogP) is 16.2. The summed E-state index contributed by atoms with van der Waals surface area (Å²) >= 11 is 0. The second-order valence-corrected chi connectivity index (χ2v) is 16.1. The highest BCUT2D eigenvalue weighted by Gasteiger charge is 2.18. The average molecular weight is 807 g/mol. The molecule has 0 N–H and O–H groups in total. The minimum absolute atomic E-state index is 0.656. The van der Waals surface area contributed by atoms with Crippen LogP contribution in [0, 0.1) is 0 Å². The molecule has 4 heterocycles. The first-order chi connectivity index (χ1) is 31.2. The van der Waals surface area contributed by atoms with Crippen LogP contribution < -0.4 is 0 Å². The van der Waals surface area contributed by atoms with Crippen molar-refractivity contribution in [3.8, 4) is 67.3 Å². The van der Waals surface area contributed by atoms with E-state index in [0.717, 1.165) is 127 Å². The lowest BCUT2D eigenvalue weighted by molar-refractivity contribution is 0.668. The molecule has 13 aromatic rings. The maximum Gasteiger partial charge on any atom is 0.160 e. The third kappa shape index (κ3) is 5.93. The van der Waals surface area contributed by atoms with E-state index in [9.17, 15) is 0 Å². The van der Waals surface area contributed by atoms with Crippen molar-refractivity contribution in [2.75, 3.05) is 0 Å². The van der Waals surface area contributed by atoms with Crippen molar-refractivity contribution >= 4 is 65.8 Å². The van der Waals surface area contributed by atoms with Crippen molar-refractivity contribution in [2.24, 2.45) is 0 Å². The summed E-state index contributed by atoms with van der Waals surface area (Å²) in [6, 6.07) is 71.7. The second-order valence-electron chi connectivity index (χ2n) is 16.1. The minimum atomic E-state index is 0.656. The molecule has 5 nitrogen and oxygen atoms in total. The molecule has 0 aliphatic carbocycles. The van der Waals surface area contributed by atoms with Crippen LogP contribution in [0.4, 0.5) is 0 Å². The molecule has 0 aliphatic heterocycles. The fourth-order valence-corrected chi connectivity index (χ4v) is 9.18. The molecule has 0 aliphatic rings. The predicted molar refractivity (Wildman–Crippen MR) is 256 cm³/mol. The molecule has 0 bridgehead atoms. The minimum Gasteiger partial charge on any atom is -0.456 e. The summed E-state index contributed by atoms with van der Waals surface area (Å²) in [6.45, 7) is 0. The summed E-state index contributed by atoms with van der Waals surface area (Å²) in [7, 11) is 0. The molecule has 5 heteroatoms. The quantitative estimate of drug-likeness (QED) is 0.167. The number of fused-ring (bicyclic) bond motifs is 9. The van der Waals surface area contributed by atoms with Gasteiger partial charge in [-0.25, -0.2) is 9.97 Å². The maximum atomic E-state index is 6.26. The molecule has 13 rings (SSSR count). The molecule has 0 fully saturated rings.